The zero-order valence-electron chi connectivity index (χ0n) is 19.0. The van der Waals surface area contributed by atoms with Gasteiger partial charge < -0.3 is 30.0 Å². The minimum absolute atomic E-state index is 0.321. The molecule has 170 valence electrons. The lowest BCUT2D eigenvalue weighted by Crippen LogP contribution is -2.34. The Kier molecular flexibility index (Phi) is 8.93. The molecule has 3 N–H and O–H groups in total. The predicted molar refractivity (Wildman–Crippen MR) is 123 cm³/mol. The molecule has 0 aliphatic rings. The van der Waals surface area contributed by atoms with Gasteiger partial charge in [-0.1, -0.05) is 13.0 Å². The van der Waals surface area contributed by atoms with Crippen LogP contribution in [0.3, 0.4) is 0 Å². The van der Waals surface area contributed by atoms with Gasteiger partial charge in [-0.25, -0.2) is 0 Å². The zero-order valence-corrected chi connectivity index (χ0v) is 19.0. The van der Waals surface area contributed by atoms with Crippen LogP contribution in [-0.2, 0) is 4.79 Å². The maximum atomic E-state index is 12.4. The lowest BCUT2D eigenvalue weighted by atomic mass is 9.96. The summed E-state index contributed by atoms with van der Waals surface area (Å²) < 4.78 is 22.0. The van der Waals surface area contributed by atoms with Crippen LogP contribution in [-0.4, -0.2) is 39.9 Å². The highest BCUT2D eigenvalue weighted by Crippen LogP contribution is 2.42. The Hall–Kier alpha value is -3.70. The summed E-state index contributed by atoms with van der Waals surface area (Å²) in [7, 11) is 4.58. The molecular weight excluding hydrogens is 410 g/mol. The summed E-state index contributed by atoms with van der Waals surface area (Å²) in [6.45, 7) is 4.12. The van der Waals surface area contributed by atoms with Gasteiger partial charge in [-0.3, -0.25) is 4.79 Å². The van der Waals surface area contributed by atoms with E-state index >= 15 is 0 Å². The van der Waals surface area contributed by atoms with Gasteiger partial charge in [0.05, 0.1) is 45.7 Å². The van der Waals surface area contributed by atoms with E-state index in [1.54, 1.807) is 30.3 Å². The van der Waals surface area contributed by atoms with E-state index in [0.717, 1.165) is 0 Å². The van der Waals surface area contributed by atoms with Gasteiger partial charge in [-0.2, -0.15) is 5.26 Å². The Morgan fingerprint density at radius 1 is 1.06 bits per heavy atom. The van der Waals surface area contributed by atoms with Crippen molar-refractivity contribution in [1.29, 1.82) is 5.26 Å². The quantitative estimate of drug-likeness (QED) is 0.542. The molecule has 0 saturated heterocycles. The van der Waals surface area contributed by atoms with Crippen molar-refractivity contribution in [3.05, 3.63) is 47.5 Å². The monoisotopic (exact) mass is 439 g/mol. The van der Waals surface area contributed by atoms with Crippen LogP contribution in [0.2, 0.25) is 0 Å². The number of nitrogens with zero attached hydrogens (tertiary/aromatic N) is 1. The van der Waals surface area contributed by atoms with Gasteiger partial charge >= 0.3 is 0 Å². The third kappa shape index (κ3) is 5.50. The molecular formula is C24H29N3O5. The number of carbonyl (C=O) groups excluding carboxylic acids is 1. The third-order valence-electron chi connectivity index (χ3n) is 4.81. The smallest absolute Gasteiger partial charge is 0.241 e. The minimum Gasteiger partial charge on any atom is -0.495 e. The summed E-state index contributed by atoms with van der Waals surface area (Å²) in [4.78, 5) is 12.4. The van der Waals surface area contributed by atoms with Crippen LogP contribution < -0.4 is 30.0 Å². The molecule has 8 nitrogen and oxygen atoms in total. The topological polar surface area (TPSA) is 116 Å². The van der Waals surface area contributed by atoms with Crippen LogP contribution in [0, 0.1) is 11.3 Å². The van der Waals surface area contributed by atoms with Crippen molar-refractivity contribution in [3.63, 3.8) is 0 Å². The number of methoxy groups -OCH3 is 3. The Labute approximate surface area is 188 Å². The molecule has 8 heteroatoms. The Bertz CT molecular complexity index is 1030. The largest absolute Gasteiger partial charge is 0.495 e. The highest BCUT2D eigenvalue weighted by atomic mass is 16.5. The third-order valence-corrected chi connectivity index (χ3v) is 4.81. The van der Waals surface area contributed by atoms with E-state index in [9.17, 15) is 10.1 Å². The van der Waals surface area contributed by atoms with Crippen molar-refractivity contribution in [2.75, 3.05) is 33.3 Å². The first-order valence-corrected chi connectivity index (χ1v) is 10.2. The van der Waals surface area contributed by atoms with Crippen molar-refractivity contribution in [2.24, 2.45) is 5.73 Å². The Balaban J connectivity index is 2.62. The highest BCUT2D eigenvalue weighted by molar-refractivity contribution is 5.97. The second-order valence-corrected chi connectivity index (χ2v) is 6.75. The standard InChI is InChI=1S/C24H29N3O5/c1-6-18(26)24(28)27-19-12-15(8-9-20(19)29-3)17(10-11-25)16-13-21(30-4)23(31-5)22(14-16)32-7-2/h8-10,12-14,18H,6-7,26H2,1-5H3,(H,27,28). The fraction of sp³-hybridized carbons (Fsp3) is 0.333. The molecule has 1 unspecified atom stereocenters. The van der Waals surface area contributed by atoms with Crippen LogP contribution in [0.15, 0.2) is 36.4 Å². The van der Waals surface area contributed by atoms with Crippen LogP contribution in [0.4, 0.5) is 5.69 Å². The fourth-order valence-corrected chi connectivity index (χ4v) is 3.13. The number of ether oxygens (including phenoxy) is 4. The first-order chi connectivity index (χ1) is 15.4. The number of allylic oxidation sites excluding steroid dienone is 1. The highest BCUT2D eigenvalue weighted by Gasteiger charge is 2.19. The second kappa shape index (κ2) is 11.6. The predicted octanol–water partition coefficient (Wildman–Crippen LogP) is 3.74. The van der Waals surface area contributed by atoms with Gasteiger partial charge in [0.1, 0.15) is 5.75 Å². The Morgan fingerprint density at radius 2 is 1.75 bits per heavy atom. The van der Waals surface area contributed by atoms with Crippen molar-refractivity contribution >= 4 is 17.2 Å². The number of anilines is 1. The van der Waals surface area contributed by atoms with E-state index in [1.165, 1.54) is 27.4 Å². The molecule has 0 aromatic heterocycles. The van der Waals surface area contributed by atoms with Crippen LogP contribution >= 0.6 is 0 Å². The van der Waals surface area contributed by atoms with Crippen molar-refractivity contribution in [2.45, 2.75) is 26.3 Å². The lowest BCUT2D eigenvalue weighted by molar-refractivity contribution is -0.117. The summed E-state index contributed by atoms with van der Waals surface area (Å²) in [6.07, 6.45) is 1.92. The molecule has 0 aliphatic heterocycles. The summed E-state index contributed by atoms with van der Waals surface area (Å²) in [5.41, 5.74) is 8.27. The zero-order chi connectivity index (χ0) is 23.7. The van der Waals surface area contributed by atoms with E-state index in [1.807, 2.05) is 13.8 Å². The molecule has 0 fully saturated rings. The molecule has 0 radical (unpaired) electrons. The maximum absolute atomic E-state index is 12.4. The van der Waals surface area contributed by atoms with E-state index in [-0.39, 0.29) is 5.91 Å². The van der Waals surface area contributed by atoms with Gasteiger partial charge in [0, 0.05) is 6.08 Å². The molecule has 0 aliphatic carbocycles. The fourth-order valence-electron chi connectivity index (χ4n) is 3.13. The molecule has 2 rings (SSSR count). The summed E-state index contributed by atoms with van der Waals surface area (Å²) in [5.74, 6) is 1.57. The summed E-state index contributed by atoms with van der Waals surface area (Å²) in [5, 5.41) is 12.3. The molecule has 2 aromatic carbocycles. The normalized spacial score (nSPS) is 11.8. The number of rotatable bonds is 10. The number of hydrogen-bond acceptors (Lipinski definition) is 7. The average Bonchev–Trinajstić information content (AvgIpc) is 2.81. The van der Waals surface area contributed by atoms with Crippen molar-refractivity contribution in [1.82, 2.24) is 0 Å². The maximum Gasteiger partial charge on any atom is 0.241 e. The van der Waals surface area contributed by atoms with Crippen LogP contribution in [0.1, 0.15) is 31.4 Å². The van der Waals surface area contributed by atoms with E-state index in [0.29, 0.717) is 58.4 Å². The number of nitrogens with two attached hydrogens (primary N) is 1. The number of hydrogen-bond donors (Lipinski definition) is 2. The van der Waals surface area contributed by atoms with Crippen LogP contribution in [0.5, 0.6) is 23.0 Å². The molecule has 2 aromatic rings. The van der Waals surface area contributed by atoms with Gasteiger partial charge in [0.15, 0.2) is 11.5 Å². The number of benzene rings is 2. The number of carbonyl (C=O) groups is 1. The first kappa shape index (κ1) is 24.6. The minimum atomic E-state index is -0.642. The molecule has 0 saturated carbocycles. The van der Waals surface area contributed by atoms with Crippen molar-refractivity contribution < 1.29 is 23.7 Å². The summed E-state index contributed by atoms with van der Waals surface area (Å²) >= 11 is 0. The molecule has 32 heavy (non-hydrogen) atoms. The number of nitriles is 1. The molecule has 1 atom stereocenters. The van der Waals surface area contributed by atoms with E-state index in [4.69, 9.17) is 24.7 Å². The average molecular weight is 440 g/mol. The molecule has 0 bridgehead atoms. The van der Waals surface area contributed by atoms with Gasteiger partial charge in [-0.05, 0) is 54.3 Å². The Morgan fingerprint density at radius 3 is 2.31 bits per heavy atom. The van der Waals surface area contributed by atoms with Gasteiger partial charge in [0.25, 0.3) is 0 Å². The molecule has 1 amide bonds. The van der Waals surface area contributed by atoms with Crippen LogP contribution in [0.25, 0.3) is 5.57 Å². The van der Waals surface area contributed by atoms with Gasteiger partial charge in [0.2, 0.25) is 11.7 Å². The summed E-state index contributed by atoms with van der Waals surface area (Å²) in [6, 6.07) is 10.2. The van der Waals surface area contributed by atoms with E-state index < -0.39 is 6.04 Å². The lowest BCUT2D eigenvalue weighted by Gasteiger charge is -2.18. The molecule has 0 spiro atoms. The SMILES string of the molecule is CCOc1cc(C(=CC#N)c2ccc(OC)c(NC(=O)C(N)CC)c2)cc(OC)c1OC. The number of nitrogens with one attached hydrogen (secondary N) is 1. The number of amides is 1. The van der Waals surface area contributed by atoms with Crippen molar-refractivity contribution in [3.8, 4) is 29.1 Å². The molecule has 0 heterocycles. The van der Waals surface area contributed by atoms with E-state index in [2.05, 4.69) is 11.4 Å². The van der Waals surface area contributed by atoms with Gasteiger partial charge in [-0.15, -0.1) is 0 Å². The first-order valence-electron chi connectivity index (χ1n) is 10.2. The second-order valence-electron chi connectivity index (χ2n) is 6.75.